The predicted octanol–water partition coefficient (Wildman–Crippen LogP) is 5.40. The molecule has 4 aromatic rings. The third kappa shape index (κ3) is 4.67. The average molecular weight is 520 g/mol. The van der Waals surface area contributed by atoms with Crippen molar-refractivity contribution in [2.75, 3.05) is 17.3 Å². The Labute approximate surface area is 205 Å². The highest BCUT2D eigenvalue weighted by Crippen LogP contribution is 2.45. The number of nitrogens with zero attached hydrogens (tertiary/aromatic N) is 4. The van der Waals surface area contributed by atoms with Crippen molar-refractivity contribution < 1.29 is 12.8 Å². The second-order valence-electron chi connectivity index (χ2n) is 8.48. The molecule has 34 heavy (non-hydrogen) atoms. The van der Waals surface area contributed by atoms with Crippen molar-refractivity contribution in [3.63, 3.8) is 0 Å². The van der Waals surface area contributed by atoms with Crippen molar-refractivity contribution in [1.29, 1.82) is 0 Å². The maximum absolute atomic E-state index is 13.6. The number of benzene rings is 1. The fraction of sp³-hybridized carbons (Fsp3) is 0.348. The summed E-state index contributed by atoms with van der Waals surface area (Å²) in [6.07, 6.45) is 8.84. The van der Waals surface area contributed by atoms with Crippen LogP contribution in [0.2, 0.25) is 5.02 Å². The number of aromatic nitrogens is 4. The van der Waals surface area contributed by atoms with Gasteiger partial charge in [0.1, 0.15) is 32.6 Å². The predicted molar refractivity (Wildman–Crippen MR) is 134 cm³/mol. The number of anilines is 2. The Morgan fingerprint density at radius 1 is 1.21 bits per heavy atom. The van der Waals surface area contributed by atoms with E-state index in [1.54, 1.807) is 23.5 Å². The number of halogens is 2. The second kappa shape index (κ2) is 9.24. The summed E-state index contributed by atoms with van der Waals surface area (Å²) in [6.45, 7) is 0.775. The van der Waals surface area contributed by atoms with Crippen molar-refractivity contribution in [1.82, 2.24) is 19.7 Å². The minimum atomic E-state index is -2.91. The number of aryl methyl sites for hydroxylation is 2. The fourth-order valence-corrected chi connectivity index (χ4v) is 6.49. The molecule has 7 nitrogen and oxygen atoms in total. The van der Waals surface area contributed by atoms with Crippen LogP contribution < -0.4 is 5.32 Å². The first kappa shape index (κ1) is 23.2. The van der Waals surface area contributed by atoms with E-state index in [2.05, 4.69) is 25.1 Å². The van der Waals surface area contributed by atoms with Crippen LogP contribution in [0.25, 0.3) is 20.7 Å². The SMILES string of the molecule is CS(=O)(=O)CCCCCn1ncc2c1CCc1c-2sc2ncnc(Nc3ccc(F)c(Cl)c3)c12. The van der Waals surface area contributed by atoms with Crippen LogP contribution in [0.3, 0.4) is 0 Å². The topological polar surface area (TPSA) is 89.8 Å². The summed E-state index contributed by atoms with van der Waals surface area (Å²) in [7, 11) is -2.91. The molecule has 0 atom stereocenters. The number of unbranched alkanes of at least 4 members (excludes halogenated alkanes) is 2. The van der Waals surface area contributed by atoms with Gasteiger partial charge >= 0.3 is 0 Å². The van der Waals surface area contributed by atoms with Gasteiger partial charge in [0.05, 0.1) is 16.6 Å². The Morgan fingerprint density at radius 3 is 2.85 bits per heavy atom. The molecule has 0 fully saturated rings. The number of hydrogen-bond donors (Lipinski definition) is 1. The van der Waals surface area contributed by atoms with Crippen LogP contribution in [0.5, 0.6) is 0 Å². The van der Waals surface area contributed by atoms with Crippen LogP contribution in [0.15, 0.2) is 30.7 Å². The number of fused-ring (bicyclic) bond motifs is 5. The van der Waals surface area contributed by atoms with Crippen molar-refractivity contribution in [2.45, 2.75) is 38.6 Å². The number of nitrogens with one attached hydrogen (secondary N) is 1. The fourth-order valence-electron chi connectivity index (χ4n) is 4.35. The van der Waals surface area contributed by atoms with Gasteiger partial charge in [0, 0.05) is 40.4 Å². The van der Waals surface area contributed by atoms with Crippen molar-refractivity contribution in [3.8, 4) is 10.4 Å². The maximum Gasteiger partial charge on any atom is 0.147 e. The van der Waals surface area contributed by atoms with Crippen LogP contribution >= 0.6 is 22.9 Å². The molecule has 3 aromatic heterocycles. The maximum atomic E-state index is 13.6. The van der Waals surface area contributed by atoms with Crippen LogP contribution in [-0.2, 0) is 29.2 Å². The second-order valence-corrected chi connectivity index (χ2v) is 12.2. The van der Waals surface area contributed by atoms with E-state index in [1.165, 1.54) is 29.9 Å². The molecule has 0 aliphatic heterocycles. The first-order chi connectivity index (χ1) is 16.3. The van der Waals surface area contributed by atoms with Gasteiger partial charge in [0.25, 0.3) is 0 Å². The molecule has 1 aliphatic carbocycles. The summed E-state index contributed by atoms with van der Waals surface area (Å²) in [6, 6.07) is 4.50. The lowest BCUT2D eigenvalue weighted by atomic mass is 9.95. The van der Waals surface area contributed by atoms with Crippen molar-refractivity contribution in [3.05, 3.63) is 52.8 Å². The van der Waals surface area contributed by atoms with Gasteiger partial charge in [-0.1, -0.05) is 18.0 Å². The van der Waals surface area contributed by atoms with E-state index in [-0.39, 0.29) is 10.8 Å². The molecule has 0 spiro atoms. The Balaban J connectivity index is 1.39. The summed E-state index contributed by atoms with van der Waals surface area (Å²) >= 11 is 7.57. The number of rotatable bonds is 8. The average Bonchev–Trinajstić information content (AvgIpc) is 3.37. The van der Waals surface area contributed by atoms with Gasteiger partial charge in [-0.3, -0.25) is 4.68 Å². The van der Waals surface area contributed by atoms with E-state index >= 15 is 0 Å². The zero-order valence-electron chi connectivity index (χ0n) is 18.5. The zero-order valence-corrected chi connectivity index (χ0v) is 20.9. The normalized spacial score (nSPS) is 13.1. The van der Waals surface area contributed by atoms with Crippen molar-refractivity contribution in [2.24, 2.45) is 0 Å². The molecule has 11 heteroatoms. The smallest absolute Gasteiger partial charge is 0.147 e. The molecule has 178 valence electrons. The monoisotopic (exact) mass is 519 g/mol. The molecule has 0 saturated heterocycles. The summed E-state index contributed by atoms with van der Waals surface area (Å²) < 4.78 is 38.2. The lowest BCUT2D eigenvalue weighted by molar-refractivity contribution is 0.530. The molecule has 0 radical (unpaired) electrons. The lowest BCUT2D eigenvalue weighted by Gasteiger charge is -2.16. The molecule has 1 N–H and O–H groups in total. The molecule has 3 heterocycles. The van der Waals surface area contributed by atoms with Crippen molar-refractivity contribution >= 4 is 54.5 Å². The van der Waals surface area contributed by atoms with Gasteiger partial charge in [0.15, 0.2) is 0 Å². The molecule has 0 unspecified atom stereocenters. The molecular weight excluding hydrogens is 497 g/mol. The van der Waals surface area contributed by atoms with E-state index in [0.717, 1.165) is 52.9 Å². The first-order valence-electron chi connectivity index (χ1n) is 11.0. The quantitative estimate of drug-likeness (QED) is 0.313. The molecule has 0 saturated carbocycles. The summed E-state index contributed by atoms with van der Waals surface area (Å²) in [5.74, 6) is 0.441. The Bertz CT molecular complexity index is 1480. The molecule has 1 aromatic carbocycles. The van der Waals surface area contributed by atoms with Gasteiger partial charge < -0.3 is 5.32 Å². The zero-order chi connectivity index (χ0) is 23.9. The van der Waals surface area contributed by atoms with Gasteiger partial charge in [-0.25, -0.2) is 22.8 Å². The Morgan fingerprint density at radius 2 is 2.06 bits per heavy atom. The van der Waals surface area contributed by atoms with Crippen LogP contribution in [0.4, 0.5) is 15.9 Å². The standard InChI is InChI=1S/C23H23ClFN5O2S2/c1-34(31,32)10-4-2-3-9-30-19-8-6-15-20-22(29-14-5-7-18(25)17(24)11-14)26-13-27-23(20)33-21(15)16(19)12-28-30/h5,7,11-13H,2-4,6,8-10H2,1H3,(H,26,27,29). The third-order valence-corrected chi connectivity index (χ3v) is 8.45. The Kier molecular flexibility index (Phi) is 6.30. The number of sulfone groups is 1. The largest absolute Gasteiger partial charge is 0.340 e. The number of hydrogen-bond acceptors (Lipinski definition) is 7. The minimum Gasteiger partial charge on any atom is -0.340 e. The summed E-state index contributed by atoms with van der Waals surface area (Å²) in [5.41, 5.74) is 4.18. The highest BCUT2D eigenvalue weighted by molar-refractivity contribution is 7.90. The van der Waals surface area contributed by atoms with E-state index in [0.29, 0.717) is 17.9 Å². The first-order valence-corrected chi connectivity index (χ1v) is 14.3. The highest BCUT2D eigenvalue weighted by atomic mass is 35.5. The summed E-state index contributed by atoms with van der Waals surface area (Å²) in [4.78, 5) is 11.0. The number of thiophene rings is 1. The van der Waals surface area contributed by atoms with E-state index in [4.69, 9.17) is 11.6 Å². The van der Waals surface area contributed by atoms with Gasteiger partial charge in [0.2, 0.25) is 0 Å². The summed E-state index contributed by atoms with van der Waals surface area (Å²) in [5, 5.41) is 8.92. The van der Waals surface area contributed by atoms with Gasteiger partial charge in [-0.2, -0.15) is 5.10 Å². The highest BCUT2D eigenvalue weighted by Gasteiger charge is 2.27. The molecule has 5 rings (SSSR count). The van der Waals surface area contributed by atoms with Crippen LogP contribution in [0, 0.1) is 5.82 Å². The third-order valence-electron chi connectivity index (χ3n) is 5.96. The molecule has 0 bridgehead atoms. The molecule has 0 amide bonds. The van der Waals surface area contributed by atoms with E-state index in [9.17, 15) is 12.8 Å². The van der Waals surface area contributed by atoms with Gasteiger partial charge in [-0.05, 0) is 49.4 Å². The molecular formula is C23H23ClFN5O2S2. The van der Waals surface area contributed by atoms with E-state index < -0.39 is 15.7 Å². The van der Waals surface area contributed by atoms with E-state index in [1.807, 2.05) is 6.20 Å². The van der Waals surface area contributed by atoms with Gasteiger partial charge in [-0.15, -0.1) is 11.3 Å². The minimum absolute atomic E-state index is 0.0519. The lowest BCUT2D eigenvalue weighted by Crippen LogP contribution is -2.10. The van der Waals surface area contributed by atoms with Crippen LogP contribution in [-0.4, -0.2) is 40.2 Å². The molecule has 1 aliphatic rings. The van der Waals surface area contributed by atoms with Crippen LogP contribution in [0.1, 0.15) is 30.5 Å². The Hall–Kier alpha value is -2.56.